The van der Waals surface area contributed by atoms with Gasteiger partial charge in [0.2, 0.25) is 10.0 Å². The summed E-state index contributed by atoms with van der Waals surface area (Å²) in [5, 5.41) is 0.408. The Morgan fingerprint density at radius 3 is 2.19 bits per heavy atom. The van der Waals surface area contributed by atoms with Crippen LogP contribution in [0.25, 0.3) is 0 Å². The van der Waals surface area contributed by atoms with Gasteiger partial charge in [0.1, 0.15) is 16.8 Å². The number of carbonyl (C=O) groups is 1. The minimum absolute atomic E-state index is 0.0497. The van der Waals surface area contributed by atoms with E-state index in [-0.39, 0.29) is 37.7 Å². The van der Waals surface area contributed by atoms with Gasteiger partial charge in [-0.1, -0.05) is 29.8 Å². The Labute approximate surface area is 191 Å². The standard InChI is InChI=1S/C21H24ClFN2O6S/c1-29-17-12-16(23)19(13-18(17)30-2)32(27,28)25-10-8-24(9-11-25)20(21(26)31-3)14-6-4-5-7-15(14)22/h4-7,12-13,20H,8-11H2,1-3H3/t20-/m0/s1. The van der Waals surface area contributed by atoms with Crippen LogP contribution in [0, 0.1) is 5.82 Å². The first kappa shape index (κ1) is 24.2. The van der Waals surface area contributed by atoms with E-state index >= 15 is 0 Å². The fourth-order valence-electron chi connectivity index (χ4n) is 3.66. The Morgan fingerprint density at radius 2 is 1.62 bits per heavy atom. The summed E-state index contributed by atoms with van der Waals surface area (Å²) in [4.78, 5) is 13.8. The molecule has 1 aliphatic heterocycles. The molecule has 0 amide bonds. The number of ether oxygens (including phenoxy) is 3. The van der Waals surface area contributed by atoms with Gasteiger partial charge in [-0.25, -0.2) is 17.6 Å². The average Bonchev–Trinajstić information content (AvgIpc) is 2.80. The number of hydrogen-bond donors (Lipinski definition) is 0. The van der Waals surface area contributed by atoms with Crippen molar-refractivity contribution >= 4 is 27.6 Å². The van der Waals surface area contributed by atoms with Crippen molar-refractivity contribution in [2.24, 2.45) is 0 Å². The number of benzene rings is 2. The molecule has 1 heterocycles. The van der Waals surface area contributed by atoms with E-state index in [9.17, 15) is 17.6 Å². The Morgan fingerprint density at radius 1 is 1.03 bits per heavy atom. The molecule has 0 bridgehead atoms. The van der Waals surface area contributed by atoms with E-state index in [0.29, 0.717) is 10.6 Å². The molecule has 1 aliphatic rings. The summed E-state index contributed by atoms with van der Waals surface area (Å²) in [5.41, 5.74) is 0.572. The lowest BCUT2D eigenvalue weighted by molar-refractivity contribution is -0.147. The van der Waals surface area contributed by atoms with Crippen LogP contribution < -0.4 is 9.47 Å². The zero-order valence-corrected chi connectivity index (χ0v) is 19.5. The third-order valence-corrected chi connectivity index (χ3v) is 7.58. The Hall–Kier alpha value is -2.40. The summed E-state index contributed by atoms with van der Waals surface area (Å²) < 4.78 is 57.1. The summed E-state index contributed by atoms with van der Waals surface area (Å²) in [7, 11) is -0.185. The molecule has 0 N–H and O–H groups in total. The van der Waals surface area contributed by atoms with E-state index in [0.717, 1.165) is 12.1 Å². The van der Waals surface area contributed by atoms with E-state index in [4.69, 9.17) is 25.8 Å². The fraction of sp³-hybridized carbons (Fsp3) is 0.381. The van der Waals surface area contributed by atoms with Crippen LogP contribution in [0.15, 0.2) is 41.3 Å². The number of piperazine rings is 1. The first-order chi connectivity index (χ1) is 15.2. The molecule has 174 valence electrons. The lowest BCUT2D eigenvalue weighted by Crippen LogP contribution is -2.51. The van der Waals surface area contributed by atoms with Crippen LogP contribution in [0.5, 0.6) is 11.5 Å². The topological polar surface area (TPSA) is 85.4 Å². The maximum atomic E-state index is 14.6. The van der Waals surface area contributed by atoms with Crippen molar-refractivity contribution in [2.45, 2.75) is 10.9 Å². The molecule has 0 aromatic heterocycles. The van der Waals surface area contributed by atoms with Crippen molar-refractivity contribution in [3.63, 3.8) is 0 Å². The monoisotopic (exact) mass is 486 g/mol. The third-order valence-electron chi connectivity index (χ3n) is 5.32. The highest BCUT2D eigenvalue weighted by Gasteiger charge is 2.37. The number of rotatable bonds is 7. The van der Waals surface area contributed by atoms with Gasteiger partial charge >= 0.3 is 5.97 Å². The summed E-state index contributed by atoms with van der Waals surface area (Å²) in [5.74, 6) is -1.24. The Bertz CT molecular complexity index is 1090. The Balaban J connectivity index is 1.84. The molecule has 1 atom stereocenters. The predicted molar refractivity (Wildman–Crippen MR) is 116 cm³/mol. The van der Waals surface area contributed by atoms with Gasteiger partial charge in [-0.3, -0.25) is 4.90 Å². The molecular formula is C21H24ClFN2O6S. The molecule has 0 aliphatic carbocycles. The van der Waals surface area contributed by atoms with Gasteiger partial charge in [-0.15, -0.1) is 0 Å². The van der Waals surface area contributed by atoms with Crippen molar-refractivity contribution in [3.05, 3.63) is 52.8 Å². The van der Waals surface area contributed by atoms with Crippen LogP contribution in [0.2, 0.25) is 5.02 Å². The molecular weight excluding hydrogens is 463 g/mol. The van der Waals surface area contributed by atoms with Crippen LogP contribution >= 0.6 is 11.6 Å². The number of halogens is 2. The molecule has 2 aromatic rings. The van der Waals surface area contributed by atoms with Crippen molar-refractivity contribution in [3.8, 4) is 11.5 Å². The van der Waals surface area contributed by atoms with Gasteiger partial charge in [-0.2, -0.15) is 4.31 Å². The van der Waals surface area contributed by atoms with Crippen molar-refractivity contribution in [1.82, 2.24) is 9.21 Å². The van der Waals surface area contributed by atoms with E-state index < -0.39 is 32.7 Å². The molecule has 0 unspecified atom stereocenters. The van der Waals surface area contributed by atoms with E-state index in [1.165, 1.54) is 25.6 Å². The smallest absolute Gasteiger partial charge is 0.327 e. The van der Waals surface area contributed by atoms with Crippen LogP contribution in [0.1, 0.15) is 11.6 Å². The molecule has 2 aromatic carbocycles. The van der Waals surface area contributed by atoms with Crippen LogP contribution in [0.4, 0.5) is 4.39 Å². The normalized spacial score (nSPS) is 16.4. The summed E-state index contributed by atoms with van der Waals surface area (Å²) in [6, 6.07) is 8.22. The quantitative estimate of drug-likeness (QED) is 0.556. The summed E-state index contributed by atoms with van der Waals surface area (Å²) >= 11 is 6.29. The number of nitrogens with zero attached hydrogens (tertiary/aromatic N) is 2. The van der Waals surface area contributed by atoms with E-state index in [2.05, 4.69) is 0 Å². The second-order valence-electron chi connectivity index (χ2n) is 7.02. The molecule has 32 heavy (non-hydrogen) atoms. The summed E-state index contributed by atoms with van der Waals surface area (Å²) in [6.07, 6.45) is 0. The molecule has 0 radical (unpaired) electrons. The SMILES string of the molecule is COC(=O)[C@H](c1ccccc1Cl)N1CCN(S(=O)(=O)c2cc(OC)c(OC)cc2F)CC1. The van der Waals surface area contributed by atoms with Crippen LogP contribution in [-0.2, 0) is 19.6 Å². The van der Waals surface area contributed by atoms with Gasteiger partial charge in [0.05, 0.1) is 21.3 Å². The molecule has 1 saturated heterocycles. The first-order valence-corrected chi connectivity index (χ1v) is 11.5. The minimum Gasteiger partial charge on any atom is -0.493 e. The summed E-state index contributed by atoms with van der Waals surface area (Å²) in [6.45, 7) is 0.542. The lowest BCUT2D eigenvalue weighted by Gasteiger charge is -2.37. The second kappa shape index (κ2) is 10.0. The highest BCUT2D eigenvalue weighted by atomic mass is 35.5. The van der Waals surface area contributed by atoms with Crippen molar-refractivity contribution in [2.75, 3.05) is 47.5 Å². The third kappa shape index (κ3) is 4.68. The molecule has 1 fully saturated rings. The predicted octanol–water partition coefficient (Wildman–Crippen LogP) is 2.72. The zero-order chi connectivity index (χ0) is 23.5. The van der Waals surface area contributed by atoms with Gasteiger partial charge < -0.3 is 14.2 Å². The second-order valence-corrected chi connectivity index (χ2v) is 9.34. The Kier molecular flexibility index (Phi) is 7.60. The van der Waals surface area contributed by atoms with Crippen LogP contribution in [-0.4, -0.2) is 71.1 Å². The van der Waals surface area contributed by atoms with E-state index in [1.807, 2.05) is 0 Å². The highest BCUT2D eigenvalue weighted by molar-refractivity contribution is 7.89. The van der Waals surface area contributed by atoms with Gasteiger partial charge in [0.25, 0.3) is 0 Å². The molecule has 11 heteroatoms. The van der Waals surface area contributed by atoms with Crippen LogP contribution in [0.3, 0.4) is 0 Å². The maximum absolute atomic E-state index is 14.6. The fourth-order valence-corrected chi connectivity index (χ4v) is 5.38. The van der Waals surface area contributed by atoms with Gasteiger partial charge in [0, 0.05) is 43.3 Å². The zero-order valence-electron chi connectivity index (χ0n) is 17.9. The average molecular weight is 487 g/mol. The molecule has 0 saturated carbocycles. The molecule has 0 spiro atoms. The highest BCUT2D eigenvalue weighted by Crippen LogP contribution is 2.34. The van der Waals surface area contributed by atoms with Gasteiger partial charge in [-0.05, 0) is 11.6 Å². The van der Waals surface area contributed by atoms with Gasteiger partial charge in [0.15, 0.2) is 11.5 Å². The largest absolute Gasteiger partial charge is 0.493 e. The number of hydrogen-bond acceptors (Lipinski definition) is 7. The molecule has 3 rings (SSSR count). The number of carbonyl (C=O) groups excluding carboxylic acids is 1. The van der Waals surface area contributed by atoms with E-state index in [1.54, 1.807) is 29.2 Å². The maximum Gasteiger partial charge on any atom is 0.327 e. The van der Waals surface area contributed by atoms with Crippen molar-refractivity contribution in [1.29, 1.82) is 0 Å². The number of esters is 1. The minimum atomic E-state index is -4.14. The molecule has 8 nitrogen and oxygen atoms in total. The van der Waals surface area contributed by atoms with Crippen molar-refractivity contribution < 1.29 is 31.8 Å². The number of sulfonamides is 1. The number of methoxy groups -OCH3 is 3. The first-order valence-electron chi connectivity index (χ1n) is 9.72. The lowest BCUT2D eigenvalue weighted by atomic mass is 10.0.